The molecule has 0 saturated heterocycles. The van der Waals surface area contributed by atoms with Crippen LogP contribution in [-0.2, 0) is 32.4 Å². The first-order valence-corrected chi connectivity index (χ1v) is 14.6. The Kier molecular flexibility index (Phi) is 8.20. The number of nitriles is 1. The Bertz CT molecular complexity index is 1550. The largest absolute Gasteiger partial charge is 0.337 e. The molecule has 10 heteroatoms. The van der Waals surface area contributed by atoms with Crippen molar-refractivity contribution in [2.75, 3.05) is 18.1 Å². The molecule has 0 saturated carbocycles. The van der Waals surface area contributed by atoms with Crippen LogP contribution in [0.2, 0.25) is 0 Å². The fourth-order valence-electron chi connectivity index (χ4n) is 4.12. The second-order valence-electron chi connectivity index (χ2n) is 8.84. The maximum Gasteiger partial charge on any atom is 0.249 e. The number of anilines is 1. The number of fused-ring (bicyclic) bond motifs is 1. The number of ketones is 1. The van der Waals surface area contributed by atoms with Crippen LogP contribution in [0.1, 0.15) is 44.8 Å². The van der Waals surface area contributed by atoms with E-state index in [-0.39, 0.29) is 35.3 Å². The molecule has 1 aromatic heterocycles. The highest BCUT2D eigenvalue weighted by Crippen LogP contribution is 2.37. The quantitative estimate of drug-likeness (QED) is 0.333. The van der Waals surface area contributed by atoms with E-state index in [1.54, 1.807) is 11.0 Å². The molecule has 0 unspecified atom stereocenters. The summed E-state index contributed by atoms with van der Waals surface area (Å²) < 4.78 is 23.2. The number of nitrogens with zero attached hydrogens (tertiary/aromatic N) is 2. The van der Waals surface area contributed by atoms with Gasteiger partial charge in [0.25, 0.3) is 0 Å². The van der Waals surface area contributed by atoms with Gasteiger partial charge in [-0.15, -0.1) is 11.3 Å². The number of benzene rings is 2. The summed E-state index contributed by atoms with van der Waals surface area (Å²) in [5, 5.41) is 13.0. The van der Waals surface area contributed by atoms with Crippen LogP contribution >= 0.6 is 11.3 Å². The Morgan fingerprint density at radius 3 is 2.45 bits per heavy atom. The van der Waals surface area contributed by atoms with Gasteiger partial charge in [0.1, 0.15) is 11.1 Å². The van der Waals surface area contributed by atoms with Gasteiger partial charge in [0.05, 0.1) is 17.0 Å². The molecule has 0 bridgehead atoms. The summed E-state index contributed by atoms with van der Waals surface area (Å²) in [6.45, 7) is 0.719. The lowest BCUT2D eigenvalue weighted by Crippen LogP contribution is -2.35. The Hall–Kier alpha value is -4.07. The maximum absolute atomic E-state index is 12.8. The molecule has 0 aliphatic carbocycles. The minimum Gasteiger partial charge on any atom is -0.337 e. The predicted molar refractivity (Wildman–Crippen MR) is 145 cm³/mol. The minimum absolute atomic E-state index is 0.00333. The fraction of sp³-hybridized carbons (Fsp3) is 0.214. The zero-order chi connectivity index (χ0) is 27.3. The maximum atomic E-state index is 12.8. The van der Waals surface area contributed by atoms with Crippen molar-refractivity contribution in [2.24, 2.45) is 0 Å². The number of nitrogens with one attached hydrogen (secondary N) is 1. The highest BCUT2D eigenvalue weighted by atomic mass is 32.2. The molecule has 3 aromatic rings. The number of rotatable bonds is 8. The number of Topliss-reactive ketones (excluding diaryl/α,β-unsaturated/α-hetero) is 1. The number of carbonyl (C=O) groups is 3. The van der Waals surface area contributed by atoms with E-state index >= 15 is 0 Å². The van der Waals surface area contributed by atoms with Gasteiger partial charge in [-0.2, -0.15) is 5.26 Å². The van der Waals surface area contributed by atoms with Gasteiger partial charge in [0, 0.05) is 42.2 Å². The third kappa shape index (κ3) is 6.43. The summed E-state index contributed by atoms with van der Waals surface area (Å²) in [5.41, 5.74) is 2.49. The molecule has 0 atom stereocenters. The summed E-state index contributed by atoms with van der Waals surface area (Å²) >= 11 is 1.28. The molecule has 1 N–H and O–H groups in total. The van der Waals surface area contributed by atoms with Gasteiger partial charge in [0.2, 0.25) is 11.8 Å². The molecule has 0 fully saturated rings. The van der Waals surface area contributed by atoms with Crippen molar-refractivity contribution in [3.63, 3.8) is 0 Å². The van der Waals surface area contributed by atoms with E-state index in [2.05, 4.69) is 11.4 Å². The number of amides is 2. The molecule has 4 rings (SSSR count). The van der Waals surface area contributed by atoms with E-state index in [9.17, 15) is 28.1 Å². The number of thiophene rings is 1. The van der Waals surface area contributed by atoms with Crippen LogP contribution in [0, 0.1) is 11.3 Å². The smallest absolute Gasteiger partial charge is 0.249 e. The summed E-state index contributed by atoms with van der Waals surface area (Å²) in [6, 6.07) is 17.3. The van der Waals surface area contributed by atoms with Gasteiger partial charge >= 0.3 is 0 Å². The van der Waals surface area contributed by atoms with E-state index < -0.39 is 9.84 Å². The van der Waals surface area contributed by atoms with E-state index in [0.717, 1.165) is 22.3 Å². The summed E-state index contributed by atoms with van der Waals surface area (Å²) in [5.74, 6) is -0.771. The first-order valence-electron chi connectivity index (χ1n) is 11.9. The van der Waals surface area contributed by atoms with Gasteiger partial charge < -0.3 is 10.2 Å². The molecular formula is C28H25N3O5S2. The van der Waals surface area contributed by atoms with Crippen molar-refractivity contribution in [3.05, 3.63) is 87.8 Å². The van der Waals surface area contributed by atoms with Crippen LogP contribution in [-0.4, -0.2) is 43.7 Å². The van der Waals surface area contributed by atoms with Gasteiger partial charge in [-0.05, 0) is 35.8 Å². The lowest BCUT2D eigenvalue weighted by Gasteiger charge is -2.27. The lowest BCUT2D eigenvalue weighted by atomic mass is 10.0. The average molecular weight is 548 g/mol. The van der Waals surface area contributed by atoms with E-state index in [1.807, 2.05) is 30.3 Å². The average Bonchev–Trinajstić information content (AvgIpc) is 3.26. The Morgan fingerprint density at radius 1 is 1.08 bits per heavy atom. The second-order valence-corrected chi connectivity index (χ2v) is 12.0. The fourth-order valence-corrected chi connectivity index (χ4v) is 5.97. The molecule has 2 aromatic carbocycles. The summed E-state index contributed by atoms with van der Waals surface area (Å²) in [7, 11) is -3.35. The summed E-state index contributed by atoms with van der Waals surface area (Å²) in [6.07, 6.45) is 4.71. The van der Waals surface area contributed by atoms with E-state index in [0.29, 0.717) is 35.6 Å². The van der Waals surface area contributed by atoms with Crippen molar-refractivity contribution in [1.82, 2.24) is 4.90 Å². The number of hydrogen-bond donors (Lipinski definition) is 1. The molecule has 1 aliphatic heterocycles. The third-order valence-electron chi connectivity index (χ3n) is 6.16. The minimum atomic E-state index is -3.35. The molecular weight excluding hydrogens is 522 g/mol. The molecule has 0 radical (unpaired) electrons. The van der Waals surface area contributed by atoms with Gasteiger partial charge in [0.15, 0.2) is 15.6 Å². The number of carbonyl (C=O) groups excluding carboxylic acids is 3. The first kappa shape index (κ1) is 27.0. The van der Waals surface area contributed by atoms with Crippen LogP contribution in [0.15, 0.2) is 65.6 Å². The van der Waals surface area contributed by atoms with Crippen molar-refractivity contribution >= 4 is 49.8 Å². The van der Waals surface area contributed by atoms with E-state index in [4.69, 9.17) is 0 Å². The number of hydrogen-bond acceptors (Lipinski definition) is 7. The van der Waals surface area contributed by atoms with Crippen LogP contribution < -0.4 is 5.32 Å². The van der Waals surface area contributed by atoms with Crippen LogP contribution in [0.5, 0.6) is 0 Å². The normalized spacial score (nSPS) is 13.1. The van der Waals surface area contributed by atoms with Gasteiger partial charge in [-0.25, -0.2) is 8.42 Å². The van der Waals surface area contributed by atoms with Crippen LogP contribution in [0.4, 0.5) is 5.00 Å². The van der Waals surface area contributed by atoms with Crippen molar-refractivity contribution in [3.8, 4) is 6.07 Å². The van der Waals surface area contributed by atoms with Gasteiger partial charge in [-0.3, -0.25) is 14.4 Å². The lowest BCUT2D eigenvalue weighted by molar-refractivity contribution is -0.132. The topological polar surface area (TPSA) is 124 Å². The van der Waals surface area contributed by atoms with Crippen molar-refractivity contribution in [1.29, 1.82) is 5.26 Å². The first-order chi connectivity index (χ1) is 18.2. The van der Waals surface area contributed by atoms with Crippen molar-refractivity contribution < 1.29 is 22.8 Å². The molecule has 0 spiro atoms. The van der Waals surface area contributed by atoms with Gasteiger partial charge in [-0.1, -0.05) is 42.5 Å². The predicted octanol–water partition coefficient (Wildman–Crippen LogP) is 4.22. The zero-order valence-corrected chi connectivity index (χ0v) is 22.3. The highest BCUT2D eigenvalue weighted by molar-refractivity contribution is 7.90. The Morgan fingerprint density at radius 2 is 1.79 bits per heavy atom. The second kappa shape index (κ2) is 11.5. The van der Waals surface area contributed by atoms with Crippen LogP contribution in [0.25, 0.3) is 6.08 Å². The zero-order valence-electron chi connectivity index (χ0n) is 20.6. The highest BCUT2D eigenvalue weighted by Gasteiger charge is 2.27. The monoisotopic (exact) mass is 547 g/mol. The number of sulfone groups is 1. The molecule has 194 valence electrons. The van der Waals surface area contributed by atoms with Crippen LogP contribution in [0.3, 0.4) is 0 Å². The Labute approximate surface area is 225 Å². The molecule has 2 amide bonds. The molecule has 2 heterocycles. The third-order valence-corrected chi connectivity index (χ3v) is 8.42. The summed E-state index contributed by atoms with van der Waals surface area (Å²) in [4.78, 5) is 40.4. The molecule has 38 heavy (non-hydrogen) atoms. The molecule has 1 aliphatic rings. The standard InChI is InChI=1S/C28H25N3O5S2/c1-38(35,36)21-10-8-20(9-11-21)24(32)12-14-27(34)31-16-15-22-23(17-29)28(37-25(22)18-31)30-26(33)13-7-19-5-3-2-4-6-19/h2-11,13H,12,14-16,18H2,1H3,(H,30,33)/b13-7+. The Balaban J connectivity index is 1.36. The molecule has 8 nitrogen and oxygen atoms in total. The van der Waals surface area contributed by atoms with Crippen molar-refractivity contribution in [2.45, 2.75) is 30.7 Å². The SMILES string of the molecule is CS(=O)(=O)c1ccc(C(=O)CCC(=O)N2CCc3c(sc(NC(=O)/C=C/c4ccccc4)c3C#N)C2)cc1. The van der Waals surface area contributed by atoms with E-state index in [1.165, 1.54) is 41.7 Å².